The van der Waals surface area contributed by atoms with Crippen molar-refractivity contribution in [3.05, 3.63) is 54.6 Å². The summed E-state index contributed by atoms with van der Waals surface area (Å²) in [5.41, 5.74) is 1.32. The highest BCUT2D eigenvalue weighted by Gasteiger charge is 2.40. The summed E-state index contributed by atoms with van der Waals surface area (Å²) in [6, 6.07) is 15.6. The molecular formula is C37H58N6O4. The quantitative estimate of drug-likeness (QED) is 0.184. The van der Waals surface area contributed by atoms with Crippen molar-refractivity contribution in [2.24, 2.45) is 0 Å². The number of para-hydroxylation sites is 1. The number of urea groups is 2. The lowest BCUT2D eigenvalue weighted by atomic mass is 10.1. The van der Waals surface area contributed by atoms with Crippen LogP contribution in [0.25, 0.3) is 0 Å². The van der Waals surface area contributed by atoms with Gasteiger partial charge in [-0.3, -0.25) is 9.69 Å². The summed E-state index contributed by atoms with van der Waals surface area (Å²) in [5.74, 6) is 0.387. The van der Waals surface area contributed by atoms with Crippen molar-refractivity contribution >= 4 is 29.3 Å². The Labute approximate surface area is 283 Å². The van der Waals surface area contributed by atoms with Crippen LogP contribution < -0.4 is 15.0 Å². The SMILES string of the molecule is CCCCCN(CCCCC)C(=O)N1CCN(C(=O)N(c2ccccc2)c2cccc(OC)c2)C(C(=O)NCCCN(CC)CC)C1. The van der Waals surface area contributed by atoms with E-state index in [2.05, 4.69) is 37.9 Å². The van der Waals surface area contributed by atoms with Crippen molar-refractivity contribution in [3.8, 4) is 5.75 Å². The van der Waals surface area contributed by atoms with Crippen molar-refractivity contribution in [1.82, 2.24) is 24.9 Å². The molecule has 2 aromatic rings. The summed E-state index contributed by atoms with van der Waals surface area (Å²) in [5, 5.41) is 3.10. The maximum atomic E-state index is 14.6. The first-order valence-electron chi connectivity index (χ1n) is 17.7. The Balaban J connectivity index is 1.90. The minimum atomic E-state index is -0.835. The minimum absolute atomic E-state index is 0.0450. The van der Waals surface area contributed by atoms with Crippen LogP contribution in [0.4, 0.5) is 21.0 Å². The van der Waals surface area contributed by atoms with E-state index in [0.29, 0.717) is 43.3 Å². The van der Waals surface area contributed by atoms with E-state index < -0.39 is 6.04 Å². The van der Waals surface area contributed by atoms with Crippen molar-refractivity contribution in [1.29, 1.82) is 0 Å². The number of rotatable bonds is 18. The molecule has 1 heterocycles. The highest BCUT2D eigenvalue weighted by molar-refractivity contribution is 6.02. The van der Waals surface area contributed by atoms with E-state index in [1.165, 1.54) is 0 Å². The Morgan fingerprint density at radius 2 is 1.45 bits per heavy atom. The zero-order chi connectivity index (χ0) is 34.0. The molecule has 2 aromatic carbocycles. The molecule has 0 aliphatic carbocycles. The average Bonchev–Trinajstić information content (AvgIpc) is 3.11. The lowest BCUT2D eigenvalue weighted by molar-refractivity contribution is -0.127. The summed E-state index contributed by atoms with van der Waals surface area (Å²) in [6.45, 7) is 14.0. The highest BCUT2D eigenvalue weighted by atomic mass is 16.5. The largest absolute Gasteiger partial charge is 0.497 e. The van der Waals surface area contributed by atoms with Crippen LogP contribution in [0.15, 0.2) is 54.6 Å². The Morgan fingerprint density at radius 3 is 2.06 bits per heavy atom. The number of benzene rings is 2. The van der Waals surface area contributed by atoms with Gasteiger partial charge in [-0.05, 0) is 63.2 Å². The molecule has 1 aliphatic rings. The second-order valence-electron chi connectivity index (χ2n) is 12.2. The fourth-order valence-electron chi connectivity index (χ4n) is 6.02. The van der Waals surface area contributed by atoms with Gasteiger partial charge in [0.15, 0.2) is 0 Å². The zero-order valence-electron chi connectivity index (χ0n) is 29.5. The van der Waals surface area contributed by atoms with E-state index in [9.17, 15) is 14.4 Å². The number of nitrogens with one attached hydrogen (secondary N) is 1. The fraction of sp³-hybridized carbons (Fsp3) is 0.595. The van der Waals surface area contributed by atoms with Gasteiger partial charge in [0.25, 0.3) is 0 Å². The van der Waals surface area contributed by atoms with E-state index in [1.54, 1.807) is 21.8 Å². The van der Waals surface area contributed by atoms with Crippen molar-refractivity contribution < 1.29 is 19.1 Å². The number of amides is 5. The van der Waals surface area contributed by atoms with Crippen LogP contribution in [0, 0.1) is 0 Å². The number of nitrogens with zero attached hydrogens (tertiary/aromatic N) is 5. The smallest absolute Gasteiger partial charge is 0.329 e. The fourth-order valence-corrected chi connectivity index (χ4v) is 6.02. The maximum absolute atomic E-state index is 14.6. The molecule has 0 radical (unpaired) electrons. The van der Waals surface area contributed by atoms with Crippen molar-refractivity contribution in [3.63, 3.8) is 0 Å². The Morgan fingerprint density at radius 1 is 0.787 bits per heavy atom. The molecular weight excluding hydrogens is 592 g/mol. The van der Waals surface area contributed by atoms with E-state index in [1.807, 2.05) is 59.5 Å². The van der Waals surface area contributed by atoms with Crippen molar-refractivity contribution in [2.45, 2.75) is 78.7 Å². The molecule has 5 amide bonds. The molecule has 10 nitrogen and oxygen atoms in total. The Bertz CT molecular complexity index is 1210. The Hall–Kier alpha value is -3.79. The third-order valence-electron chi connectivity index (χ3n) is 8.89. The van der Waals surface area contributed by atoms with Crippen LogP contribution in [0.2, 0.25) is 0 Å². The van der Waals surface area contributed by atoms with Gasteiger partial charge in [-0.1, -0.05) is 77.6 Å². The lowest BCUT2D eigenvalue weighted by Crippen LogP contribution is -2.64. The average molecular weight is 651 g/mol. The molecule has 1 unspecified atom stereocenters. The summed E-state index contributed by atoms with van der Waals surface area (Å²) < 4.78 is 5.48. The van der Waals surface area contributed by atoms with Crippen LogP contribution in [-0.2, 0) is 4.79 Å². The molecule has 1 fully saturated rings. The zero-order valence-corrected chi connectivity index (χ0v) is 29.5. The number of hydrogen-bond donors (Lipinski definition) is 1. The number of unbranched alkanes of at least 4 members (excludes halogenated alkanes) is 4. The molecule has 260 valence electrons. The van der Waals surface area contributed by atoms with E-state index >= 15 is 0 Å². The second kappa shape index (κ2) is 20.4. The number of carbonyl (C=O) groups is 3. The van der Waals surface area contributed by atoms with Crippen LogP contribution >= 0.6 is 0 Å². The lowest BCUT2D eigenvalue weighted by Gasteiger charge is -2.43. The first-order chi connectivity index (χ1) is 22.9. The van der Waals surface area contributed by atoms with E-state index in [4.69, 9.17) is 4.74 Å². The first kappa shape index (κ1) is 37.7. The molecule has 10 heteroatoms. The molecule has 0 bridgehead atoms. The van der Waals surface area contributed by atoms with Gasteiger partial charge < -0.3 is 29.7 Å². The van der Waals surface area contributed by atoms with Gasteiger partial charge in [-0.15, -0.1) is 0 Å². The van der Waals surface area contributed by atoms with Gasteiger partial charge in [0.05, 0.1) is 25.0 Å². The number of hydrogen-bond acceptors (Lipinski definition) is 5. The van der Waals surface area contributed by atoms with Crippen LogP contribution in [-0.4, -0.2) is 110 Å². The topological polar surface area (TPSA) is 88.7 Å². The Kier molecular flexibility index (Phi) is 16.4. The molecule has 1 aliphatic heterocycles. The minimum Gasteiger partial charge on any atom is -0.497 e. The van der Waals surface area contributed by atoms with Gasteiger partial charge in [0, 0.05) is 38.8 Å². The molecule has 1 saturated heterocycles. The molecule has 0 aromatic heterocycles. The summed E-state index contributed by atoms with van der Waals surface area (Å²) in [7, 11) is 1.60. The normalized spacial score (nSPS) is 14.6. The van der Waals surface area contributed by atoms with E-state index in [0.717, 1.165) is 64.6 Å². The second-order valence-corrected chi connectivity index (χ2v) is 12.2. The van der Waals surface area contributed by atoms with Gasteiger partial charge in [-0.25, -0.2) is 9.59 Å². The standard InChI is InChI=1S/C37H58N6O4/c1-6-10-15-25-40(26-16-11-7-2)36(45)41-27-28-42(34(30-41)35(44)38-23-18-24-39(8-3)9-4)37(46)43(31-19-13-12-14-20-31)32-21-17-22-33(29-32)47-5/h12-14,17,19-22,29,34H,6-11,15-16,18,23-28,30H2,1-5H3,(H,38,44). The summed E-state index contributed by atoms with van der Waals surface area (Å²) >= 11 is 0. The van der Waals surface area contributed by atoms with Gasteiger partial charge >= 0.3 is 12.1 Å². The first-order valence-corrected chi connectivity index (χ1v) is 17.7. The third-order valence-corrected chi connectivity index (χ3v) is 8.89. The number of methoxy groups -OCH3 is 1. The number of ether oxygens (including phenoxy) is 1. The van der Waals surface area contributed by atoms with Crippen LogP contribution in [0.3, 0.4) is 0 Å². The van der Waals surface area contributed by atoms with Crippen LogP contribution in [0.5, 0.6) is 5.75 Å². The number of carbonyl (C=O) groups excluding carboxylic acids is 3. The summed E-state index contributed by atoms with van der Waals surface area (Å²) in [4.78, 5) is 51.8. The van der Waals surface area contributed by atoms with E-state index in [-0.39, 0.29) is 31.1 Å². The van der Waals surface area contributed by atoms with Crippen LogP contribution in [0.1, 0.15) is 72.6 Å². The molecule has 1 atom stereocenters. The summed E-state index contributed by atoms with van der Waals surface area (Å²) in [6.07, 6.45) is 7.01. The predicted molar refractivity (Wildman–Crippen MR) is 190 cm³/mol. The van der Waals surface area contributed by atoms with Crippen molar-refractivity contribution in [2.75, 3.05) is 70.9 Å². The van der Waals surface area contributed by atoms with Gasteiger partial charge in [0.1, 0.15) is 11.8 Å². The predicted octanol–water partition coefficient (Wildman–Crippen LogP) is 6.59. The van der Waals surface area contributed by atoms with Gasteiger partial charge in [0.2, 0.25) is 5.91 Å². The molecule has 0 saturated carbocycles. The maximum Gasteiger partial charge on any atom is 0.329 e. The highest BCUT2D eigenvalue weighted by Crippen LogP contribution is 2.31. The van der Waals surface area contributed by atoms with Gasteiger partial charge in [-0.2, -0.15) is 0 Å². The molecule has 3 rings (SSSR count). The third kappa shape index (κ3) is 11.2. The molecule has 47 heavy (non-hydrogen) atoms. The molecule has 0 spiro atoms. The monoisotopic (exact) mass is 650 g/mol. The molecule has 1 N–H and O–H groups in total. The number of piperazine rings is 1. The number of anilines is 2.